The number of hydrogen-bond donors (Lipinski definition) is 3. The van der Waals surface area contributed by atoms with Gasteiger partial charge in [-0.15, -0.1) is 0 Å². The quantitative estimate of drug-likeness (QED) is 0.349. The van der Waals surface area contributed by atoms with Gasteiger partial charge in [-0.25, -0.2) is 9.37 Å². The summed E-state index contributed by atoms with van der Waals surface area (Å²) in [6, 6.07) is 7.35. The fourth-order valence-corrected chi connectivity index (χ4v) is 5.33. The Morgan fingerprint density at radius 2 is 2.11 bits per heavy atom. The Hall–Kier alpha value is -3.34. The zero-order chi connectivity index (χ0) is 25.3. The summed E-state index contributed by atoms with van der Waals surface area (Å²) in [5.41, 5.74) is 1.58. The number of amides is 1. The topological polar surface area (TPSA) is 99.6 Å². The van der Waals surface area contributed by atoms with Gasteiger partial charge in [0.05, 0.1) is 29.6 Å². The third kappa shape index (κ3) is 4.36. The smallest absolute Gasteiger partial charge is 0.255 e. The van der Waals surface area contributed by atoms with Gasteiger partial charge in [0, 0.05) is 49.6 Å². The average Bonchev–Trinajstić information content (AvgIpc) is 3.50. The van der Waals surface area contributed by atoms with Crippen molar-refractivity contribution in [2.75, 3.05) is 33.4 Å². The number of likely N-dealkylation sites (tertiary alicyclic amines) is 1. The maximum Gasteiger partial charge on any atom is 0.255 e. The maximum atomic E-state index is 15.3. The molecular formula is C26H32FN7O2. The van der Waals surface area contributed by atoms with E-state index in [-0.39, 0.29) is 18.2 Å². The molecule has 1 saturated heterocycles. The summed E-state index contributed by atoms with van der Waals surface area (Å²) >= 11 is 0. The SMILES string of the molecule is CCNC1CCN(C(COC)(NC(=O)c2cccc3cn[nH]c23)c2cc(F)c3nc(C)cn3c2)CC1. The minimum atomic E-state index is -1.10. The number of aromatic nitrogens is 4. The number of carbonyl (C=O) groups excluding carboxylic acids is 1. The number of rotatable bonds is 8. The van der Waals surface area contributed by atoms with Crippen LogP contribution in [0.15, 0.2) is 42.9 Å². The van der Waals surface area contributed by atoms with E-state index >= 15 is 4.39 Å². The van der Waals surface area contributed by atoms with Crippen LogP contribution >= 0.6 is 0 Å². The lowest BCUT2D eigenvalue weighted by Crippen LogP contribution is -2.63. The molecule has 36 heavy (non-hydrogen) atoms. The molecule has 1 amide bonds. The normalized spacial score (nSPS) is 17.0. The molecule has 1 atom stereocenters. The summed E-state index contributed by atoms with van der Waals surface area (Å²) in [5, 5.41) is 14.6. The second kappa shape index (κ2) is 9.96. The van der Waals surface area contributed by atoms with Gasteiger partial charge in [-0.2, -0.15) is 5.10 Å². The fourth-order valence-electron chi connectivity index (χ4n) is 5.33. The number of methoxy groups -OCH3 is 1. The van der Waals surface area contributed by atoms with Crippen molar-refractivity contribution < 1.29 is 13.9 Å². The Labute approximate surface area is 209 Å². The lowest BCUT2D eigenvalue weighted by molar-refractivity contribution is -0.0294. The number of carbonyl (C=O) groups is 1. The highest BCUT2D eigenvalue weighted by Crippen LogP contribution is 2.32. The van der Waals surface area contributed by atoms with Crippen LogP contribution in [0.1, 0.15) is 41.4 Å². The predicted molar refractivity (Wildman–Crippen MR) is 135 cm³/mol. The summed E-state index contributed by atoms with van der Waals surface area (Å²) in [4.78, 5) is 20.3. The van der Waals surface area contributed by atoms with Gasteiger partial charge in [-0.1, -0.05) is 19.1 Å². The Morgan fingerprint density at radius 1 is 1.31 bits per heavy atom. The lowest BCUT2D eigenvalue weighted by atomic mass is 9.94. The van der Waals surface area contributed by atoms with Crippen LogP contribution in [0, 0.1) is 12.7 Å². The molecule has 0 bridgehead atoms. The highest BCUT2D eigenvalue weighted by Gasteiger charge is 2.43. The molecule has 4 heterocycles. The van der Waals surface area contributed by atoms with E-state index < -0.39 is 11.5 Å². The minimum absolute atomic E-state index is 0.141. The number of nitrogens with one attached hydrogen (secondary N) is 3. The zero-order valence-corrected chi connectivity index (χ0v) is 20.8. The van der Waals surface area contributed by atoms with Crippen molar-refractivity contribution in [2.24, 2.45) is 0 Å². The second-order valence-corrected chi connectivity index (χ2v) is 9.40. The maximum absolute atomic E-state index is 15.3. The highest BCUT2D eigenvalue weighted by atomic mass is 19.1. The molecule has 190 valence electrons. The third-order valence-electron chi connectivity index (χ3n) is 7.03. The van der Waals surface area contributed by atoms with Gasteiger partial charge in [-0.05, 0) is 38.4 Å². The summed E-state index contributed by atoms with van der Waals surface area (Å²) in [5.74, 6) is -0.744. The molecule has 1 aliphatic rings. The van der Waals surface area contributed by atoms with E-state index in [0.29, 0.717) is 41.5 Å². The molecule has 1 unspecified atom stereocenters. The number of halogens is 1. The summed E-state index contributed by atoms with van der Waals surface area (Å²) in [7, 11) is 1.60. The van der Waals surface area contributed by atoms with Crippen LogP contribution < -0.4 is 10.6 Å². The van der Waals surface area contributed by atoms with Crippen molar-refractivity contribution in [1.29, 1.82) is 0 Å². The number of piperidine rings is 1. The van der Waals surface area contributed by atoms with Crippen molar-refractivity contribution in [3.05, 3.63) is 65.5 Å². The van der Waals surface area contributed by atoms with Gasteiger partial charge in [-0.3, -0.25) is 14.8 Å². The van der Waals surface area contributed by atoms with E-state index in [1.165, 1.54) is 6.07 Å². The van der Waals surface area contributed by atoms with Crippen molar-refractivity contribution in [3.8, 4) is 0 Å². The number of aromatic amines is 1. The molecule has 0 spiro atoms. The van der Waals surface area contributed by atoms with E-state index in [4.69, 9.17) is 4.74 Å². The minimum Gasteiger partial charge on any atom is -0.380 e. The first-order valence-corrected chi connectivity index (χ1v) is 12.3. The summed E-state index contributed by atoms with van der Waals surface area (Å²) in [6.45, 7) is 6.38. The van der Waals surface area contributed by atoms with Crippen molar-refractivity contribution in [3.63, 3.8) is 0 Å². The Bertz CT molecular complexity index is 1380. The van der Waals surface area contributed by atoms with Gasteiger partial charge in [0.15, 0.2) is 11.5 Å². The van der Waals surface area contributed by atoms with E-state index in [2.05, 4.69) is 37.6 Å². The van der Waals surface area contributed by atoms with Crippen LogP contribution in [0.3, 0.4) is 0 Å². The largest absolute Gasteiger partial charge is 0.380 e. The van der Waals surface area contributed by atoms with Crippen LogP contribution in [-0.2, 0) is 10.4 Å². The number of fused-ring (bicyclic) bond motifs is 2. The van der Waals surface area contributed by atoms with Crippen LogP contribution in [0.25, 0.3) is 16.6 Å². The van der Waals surface area contributed by atoms with E-state index in [1.807, 2.05) is 25.3 Å². The molecule has 1 aromatic carbocycles. The molecule has 3 aromatic heterocycles. The van der Waals surface area contributed by atoms with Crippen LogP contribution in [0.4, 0.5) is 4.39 Å². The number of ether oxygens (including phenoxy) is 1. The number of aryl methyl sites for hydroxylation is 1. The standard InChI is InChI=1S/C26H32FN7O2/c1-4-28-20-8-10-34(11-9-20)26(16-36-3,19-12-22(27)24-30-17(2)14-33(24)15-19)31-25(35)21-7-5-6-18-13-29-32-23(18)21/h5-7,12-15,20,28H,4,8-11,16H2,1-3H3,(H,29,32)(H,31,35). The summed E-state index contributed by atoms with van der Waals surface area (Å²) in [6.07, 6.45) is 7.11. The highest BCUT2D eigenvalue weighted by molar-refractivity contribution is 6.05. The fraction of sp³-hybridized carbons (Fsp3) is 0.423. The van der Waals surface area contributed by atoms with Crippen LogP contribution in [0.2, 0.25) is 0 Å². The molecule has 5 rings (SSSR count). The van der Waals surface area contributed by atoms with E-state index in [9.17, 15) is 4.79 Å². The van der Waals surface area contributed by atoms with Gasteiger partial charge >= 0.3 is 0 Å². The number of pyridine rings is 1. The van der Waals surface area contributed by atoms with Gasteiger partial charge in [0.1, 0.15) is 5.66 Å². The number of imidazole rings is 1. The predicted octanol–water partition coefficient (Wildman–Crippen LogP) is 2.96. The van der Waals surface area contributed by atoms with E-state index in [1.54, 1.807) is 30.0 Å². The lowest BCUT2D eigenvalue weighted by Gasteiger charge is -2.47. The molecule has 0 aliphatic carbocycles. The molecule has 10 heteroatoms. The van der Waals surface area contributed by atoms with Crippen molar-refractivity contribution in [2.45, 2.75) is 38.4 Å². The number of nitrogens with zero attached hydrogens (tertiary/aromatic N) is 4. The number of H-pyrrole nitrogens is 1. The average molecular weight is 494 g/mol. The van der Waals surface area contributed by atoms with Crippen LogP contribution in [-0.4, -0.2) is 69.8 Å². The molecule has 0 radical (unpaired) electrons. The molecule has 9 nitrogen and oxygen atoms in total. The Kier molecular flexibility index (Phi) is 6.74. The second-order valence-electron chi connectivity index (χ2n) is 9.40. The molecular weight excluding hydrogens is 461 g/mol. The Morgan fingerprint density at radius 3 is 2.86 bits per heavy atom. The van der Waals surface area contributed by atoms with Gasteiger partial charge < -0.3 is 19.8 Å². The first-order chi connectivity index (χ1) is 17.4. The Balaban J connectivity index is 1.60. The van der Waals surface area contributed by atoms with Crippen molar-refractivity contribution >= 4 is 22.5 Å². The molecule has 4 aromatic rings. The first-order valence-electron chi connectivity index (χ1n) is 12.3. The summed E-state index contributed by atoms with van der Waals surface area (Å²) < 4.78 is 22.7. The zero-order valence-electron chi connectivity index (χ0n) is 20.8. The molecule has 1 aliphatic heterocycles. The third-order valence-corrected chi connectivity index (χ3v) is 7.03. The van der Waals surface area contributed by atoms with Gasteiger partial charge in [0.25, 0.3) is 5.91 Å². The number of hydrogen-bond acceptors (Lipinski definition) is 6. The van der Waals surface area contributed by atoms with Crippen molar-refractivity contribution in [1.82, 2.24) is 35.1 Å². The molecule has 0 saturated carbocycles. The molecule has 1 fully saturated rings. The van der Waals surface area contributed by atoms with Gasteiger partial charge in [0.2, 0.25) is 0 Å². The monoisotopic (exact) mass is 493 g/mol. The molecule has 3 N–H and O–H groups in total. The number of benzene rings is 1. The first kappa shape index (κ1) is 24.4. The van der Waals surface area contributed by atoms with Crippen LogP contribution in [0.5, 0.6) is 0 Å². The van der Waals surface area contributed by atoms with E-state index in [0.717, 1.165) is 24.8 Å². The number of para-hydroxylation sites is 1.